The fraction of sp³-hybridized carbons (Fsp3) is 0. The molecule has 14 heavy (non-hydrogen) atoms. The van der Waals surface area contributed by atoms with Crippen LogP contribution in [0.15, 0.2) is 20.8 Å². The van der Waals surface area contributed by atoms with Crippen LogP contribution in [-0.4, -0.2) is 22.2 Å². The Morgan fingerprint density at radius 3 is 2.79 bits per heavy atom. The van der Waals surface area contributed by atoms with Gasteiger partial charge in [0.05, 0.1) is 11.9 Å². The molecule has 1 heterocycles. The Bertz CT molecular complexity index is 443. The summed E-state index contributed by atoms with van der Waals surface area (Å²) in [5, 5.41) is 3.35. The number of aromatic amines is 2. The Balaban J connectivity index is 2.87. The Morgan fingerprint density at radius 1 is 1.50 bits per heavy atom. The summed E-state index contributed by atoms with van der Waals surface area (Å²) in [7, 11) is 0. The molecule has 0 spiro atoms. The number of aromatic nitrogens is 2. The predicted octanol–water partition coefficient (Wildman–Crippen LogP) is -1.93. The van der Waals surface area contributed by atoms with Gasteiger partial charge >= 0.3 is 11.7 Å². The van der Waals surface area contributed by atoms with Gasteiger partial charge in [0, 0.05) is 6.07 Å². The molecule has 0 saturated heterocycles. The van der Waals surface area contributed by atoms with Gasteiger partial charge in [0.15, 0.2) is 0 Å². The maximum absolute atomic E-state index is 10.8. The third-order valence-electron chi connectivity index (χ3n) is 1.16. The van der Waals surface area contributed by atoms with Gasteiger partial charge in [-0.3, -0.25) is 9.78 Å². The van der Waals surface area contributed by atoms with Gasteiger partial charge in [-0.15, -0.1) is 0 Å². The number of carbonyl (C=O) groups is 1. The van der Waals surface area contributed by atoms with Gasteiger partial charge < -0.3 is 10.7 Å². The molecule has 0 fully saturated rings. The van der Waals surface area contributed by atoms with Crippen LogP contribution in [-0.2, 0) is 0 Å². The number of urea groups is 1. The zero-order valence-corrected chi connectivity index (χ0v) is 6.90. The summed E-state index contributed by atoms with van der Waals surface area (Å²) in [5.74, 6) is 0. The quantitative estimate of drug-likeness (QED) is 0.324. The second kappa shape index (κ2) is 4.03. The summed E-state index contributed by atoms with van der Waals surface area (Å²) < 4.78 is 0. The van der Waals surface area contributed by atoms with Crippen LogP contribution in [0.4, 0.5) is 4.79 Å². The molecule has 8 heteroatoms. The topological polar surface area (TPSA) is 133 Å². The van der Waals surface area contributed by atoms with Crippen molar-refractivity contribution in [2.45, 2.75) is 0 Å². The van der Waals surface area contributed by atoms with Crippen LogP contribution in [0.2, 0.25) is 0 Å². The lowest BCUT2D eigenvalue weighted by Crippen LogP contribution is -2.25. The number of hydrogen-bond acceptors (Lipinski definition) is 4. The molecule has 0 aliphatic carbocycles. The van der Waals surface area contributed by atoms with Gasteiger partial charge in [-0.2, -0.15) is 5.10 Å². The highest BCUT2D eigenvalue weighted by Gasteiger charge is 1.92. The Hall–Kier alpha value is -2.38. The second-order valence-corrected chi connectivity index (χ2v) is 2.28. The van der Waals surface area contributed by atoms with E-state index >= 15 is 0 Å². The molecule has 0 aromatic carbocycles. The fourth-order valence-electron chi connectivity index (χ4n) is 0.723. The number of nitrogens with zero attached hydrogens (tertiary/aromatic N) is 1. The second-order valence-electron chi connectivity index (χ2n) is 2.28. The van der Waals surface area contributed by atoms with Gasteiger partial charge in [-0.05, 0) is 0 Å². The van der Waals surface area contributed by atoms with Gasteiger partial charge in [-0.1, -0.05) is 0 Å². The normalized spacial score (nSPS) is 10.3. The minimum Gasteiger partial charge on any atom is -0.350 e. The summed E-state index contributed by atoms with van der Waals surface area (Å²) in [6.07, 6.45) is 1.08. The summed E-state index contributed by atoms with van der Waals surface area (Å²) in [5.41, 5.74) is 5.56. The summed E-state index contributed by atoms with van der Waals surface area (Å²) in [6, 6.07) is 0.265. The molecule has 0 unspecified atom stereocenters. The summed E-state index contributed by atoms with van der Waals surface area (Å²) in [4.78, 5) is 35.9. The average Bonchev–Trinajstić information content (AvgIpc) is 2.01. The van der Waals surface area contributed by atoms with E-state index in [1.165, 1.54) is 0 Å². The van der Waals surface area contributed by atoms with E-state index in [-0.39, 0.29) is 5.69 Å². The van der Waals surface area contributed by atoms with E-state index in [1.807, 2.05) is 10.4 Å². The first kappa shape index (κ1) is 9.71. The number of rotatable bonds is 2. The van der Waals surface area contributed by atoms with Gasteiger partial charge in [0.2, 0.25) is 0 Å². The van der Waals surface area contributed by atoms with Crippen molar-refractivity contribution >= 4 is 12.2 Å². The number of carbonyl (C=O) groups excluding carboxylic acids is 1. The van der Waals surface area contributed by atoms with E-state index in [9.17, 15) is 14.4 Å². The molecule has 0 radical (unpaired) electrons. The van der Waals surface area contributed by atoms with E-state index in [2.05, 4.69) is 10.1 Å². The van der Waals surface area contributed by atoms with Crippen molar-refractivity contribution in [2.24, 2.45) is 10.8 Å². The maximum atomic E-state index is 10.8. The minimum absolute atomic E-state index is 0.160. The monoisotopic (exact) mass is 197 g/mol. The highest BCUT2D eigenvalue weighted by Crippen LogP contribution is 1.76. The molecule has 0 atom stereocenters. The third-order valence-corrected chi connectivity index (χ3v) is 1.16. The lowest BCUT2D eigenvalue weighted by molar-refractivity contribution is 0.249. The number of nitrogens with two attached hydrogens (primary N) is 1. The number of H-pyrrole nitrogens is 2. The van der Waals surface area contributed by atoms with Crippen LogP contribution in [0.5, 0.6) is 0 Å². The van der Waals surface area contributed by atoms with Crippen molar-refractivity contribution in [1.29, 1.82) is 0 Å². The Morgan fingerprint density at radius 2 is 2.21 bits per heavy atom. The van der Waals surface area contributed by atoms with Crippen molar-refractivity contribution in [1.82, 2.24) is 15.4 Å². The molecular weight excluding hydrogens is 190 g/mol. The minimum atomic E-state index is -0.839. The van der Waals surface area contributed by atoms with Crippen molar-refractivity contribution in [3.63, 3.8) is 0 Å². The molecule has 5 N–H and O–H groups in total. The van der Waals surface area contributed by atoms with E-state index in [0.717, 1.165) is 12.3 Å². The molecule has 1 aromatic heterocycles. The van der Waals surface area contributed by atoms with Crippen LogP contribution >= 0.6 is 0 Å². The Kier molecular flexibility index (Phi) is 2.79. The highest BCUT2D eigenvalue weighted by atomic mass is 16.2. The molecule has 1 aromatic rings. The molecule has 0 saturated carbocycles. The number of hydrogen-bond donors (Lipinski definition) is 4. The van der Waals surface area contributed by atoms with Gasteiger partial charge in [0.1, 0.15) is 0 Å². The van der Waals surface area contributed by atoms with Crippen molar-refractivity contribution in [3.05, 3.63) is 32.6 Å². The molecule has 0 bridgehead atoms. The van der Waals surface area contributed by atoms with E-state index in [0.29, 0.717) is 0 Å². The zero-order chi connectivity index (χ0) is 10.6. The SMILES string of the molecule is NC(=O)N/N=C/c1cc(=O)[nH]c(=O)[nH]1. The van der Waals surface area contributed by atoms with E-state index < -0.39 is 17.3 Å². The van der Waals surface area contributed by atoms with Crippen LogP contribution < -0.4 is 22.4 Å². The molecule has 2 amide bonds. The molecule has 0 aliphatic rings. The smallest absolute Gasteiger partial charge is 0.332 e. The Labute approximate surface area is 76.8 Å². The van der Waals surface area contributed by atoms with E-state index in [4.69, 9.17) is 5.73 Å². The van der Waals surface area contributed by atoms with Gasteiger partial charge in [-0.25, -0.2) is 15.0 Å². The molecule has 74 valence electrons. The maximum Gasteiger partial charge on any atom is 0.332 e. The highest BCUT2D eigenvalue weighted by molar-refractivity contribution is 5.79. The van der Waals surface area contributed by atoms with Crippen LogP contribution in [0.3, 0.4) is 0 Å². The first-order valence-corrected chi connectivity index (χ1v) is 3.50. The lowest BCUT2D eigenvalue weighted by Gasteiger charge is -1.91. The number of amides is 2. The van der Waals surface area contributed by atoms with Crippen molar-refractivity contribution < 1.29 is 4.79 Å². The molecule has 8 nitrogen and oxygen atoms in total. The first-order valence-electron chi connectivity index (χ1n) is 3.50. The van der Waals surface area contributed by atoms with Crippen LogP contribution in [0.1, 0.15) is 5.69 Å². The summed E-state index contributed by atoms with van der Waals surface area (Å²) in [6.45, 7) is 0. The lowest BCUT2D eigenvalue weighted by atomic mass is 10.4. The molecule has 1 rings (SSSR count). The van der Waals surface area contributed by atoms with Crippen LogP contribution in [0, 0.1) is 0 Å². The zero-order valence-electron chi connectivity index (χ0n) is 6.90. The first-order chi connectivity index (χ1) is 6.58. The largest absolute Gasteiger partial charge is 0.350 e. The summed E-state index contributed by atoms with van der Waals surface area (Å²) >= 11 is 0. The van der Waals surface area contributed by atoms with Gasteiger partial charge in [0.25, 0.3) is 5.56 Å². The van der Waals surface area contributed by atoms with Crippen LogP contribution in [0.25, 0.3) is 0 Å². The predicted molar refractivity (Wildman–Crippen MR) is 48.0 cm³/mol. The van der Waals surface area contributed by atoms with Crippen molar-refractivity contribution in [2.75, 3.05) is 0 Å². The number of nitrogens with one attached hydrogen (secondary N) is 3. The molecular formula is C6H7N5O3. The molecule has 0 aliphatic heterocycles. The van der Waals surface area contributed by atoms with E-state index in [1.54, 1.807) is 0 Å². The third kappa shape index (κ3) is 2.93. The average molecular weight is 197 g/mol. The standard InChI is InChI=1S/C6H7N5O3/c7-5(13)11-8-2-3-1-4(12)10-6(14)9-3/h1-2H,(H3,7,11,13)(H2,9,10,12,14)/b8-2+. The number of primary amides is 1. The fourth-order valence-corrected chi connectivity index (χ4v) is 0.723. The van der Waals surface area contributed by atoms with Crippen molar-refractivity contribution in [3.8, 4) is 0 Å². The number of hydrazone groups is 1.